The molecule has 5 rings (SSSR count). The molecule has 1 aliphatic carbocycles. The molecule has 182 valence electrons. The Hall–Kier alpha value is -3.72. The van der Waals surface area contributed by atoms with E-state index in [0.717, 1.165) is 19.6 Å². The van der Waals surface area contributed by atoms with E-state index < -0.39 is 0 Å². The van der Waals surface area contributed by atoms with Crippen molar-refractivity contribution in [2.24, 2.45) is 5.41 Å². The third kappa shape index (κ3) is 5.19. The lowest BCUT2D eigenvalue weighted by Gasteiger charge is -2.56. The molecule has 9 nitrogen and oxygen atoms in total. The van der Waals surface area contributed by atoms with Crippen molar-refractivity contribution in [2.75, 3.05) is 25.0 Å². The highest BCUT2D eigenvalue weighted by molar-refractivity contribution is 6.04. The highest BCUT2D eigenvalue weighted by Crippen LogP contribution is 2.47. The van der Waals surface area contributed by atoms with Crippen molar-refractivity contribution in [2.45, 2.75) is 39.2 Å². The van der Waals surface area contributed by atoms with E-state index in [0.29, 0.717) is 33.6 Å². The minimum absolute atomic E-state index is 0.00259. The van der Waals surface area contributed by atoms with Crippen molar-refractivity contribution < 1.29 is 14.3 Å². The number of likely N-dealkylation sites (tertiary alicyclic amines) is 1. The molecule has 1 aromatic carbocycles. The number of H-pyrrole nitrogens is 1. The highest BCUT2D eigenvalue weighted by Gasteiger charge is 2.46. The Bertz CT molecular complexity index is 1270. The summed E-state index contributed by atoms with van der Waals surface area (Å²) in [5, 5.41) is 5.72. The van der Waals surface area contributed by atoms with Gasteiger partial charge in [0.2, 0.25) is 11.8 Å². The van der Waals surface area contributed by atoms with Gasteiger partial charge in [-0.3, -0.25) is 14.5 Å². The molecule has 2 amide bonds. The molecular formula is C26H30N6O3. The van der Waals surface area contributed by atoms with E-state index in [4.69, 9.17) is 4.74 Å². The van der Waals surface area contributed by atoms with Crippen LogP contribution >= 0.6 is 0 Å². The van der Waals surface area contributed by atoms with Gasteiger partial charge in [0.05, 0.1) is 11.8 Å². The van der Waals surface area contributed by atoms with E-state index in [-0.39, 0.29) is 23.7 Å². The molecule has 3 heterocycles. The van der Waals surface area contributed by atoms with Gasteiger partial charge in [-0.25, -0.2) is 9.97 Å². The van der Waals surface area contributed by atoms with E-state index in [2.05, 4.69) is 30.5 Å². The fourth-order valence-corrected chi connectivity index (χ4v) is 4.71. The van der Waals surface area contributed by atoms with Gasteiger partial charge in [-0.2, -0.15) is 0 Å². The monoisotopic (exact) mass is 474 g/mol. The zero-order valence-electron chi connectivity index (χ0n) is 20.0. The minimum Gasteiger partial charge on any atom is -0.437 e. The summed E-state index contributed by atoms with van der Waals surface area (Å²) in [6, 6.07) is 7.07. The third-order valence-corrected chi connectivity index (χ3v) is 6.51. The Morgan fingerprint density at radius 3 is 2.86 bits per heavy atom. The summed E-state index contributed by atoms with van der Waals surface area (Å²) >= 11 is 0. The minimum atomic E-state index is -0.230. The molecule has 2 fully saturated rings. The van der Waals surface area contributed by atoms with Crippen LogP contribution in [0.15, 0.2) is 48.8 Å². The van der Waals surface area contributed by atoms with Crippen LogP contribution in [-0.2, 0) is 4.79 Å². The number of ether oxygens (including phenoxy) is 1. The van der Waals surface area contributed by atoms with Crippen LogP contribution in [0.3, 0.4) is 0 Å². The number of carbonyl (C=O) groups excluding carboxylic acids is 2. The quantitative estimate of drug-likeness (QED) is 0.427. The predicted molar refractivity (Wildman–Crippen MR) is 134 cm³/mol. The van der Waals surface area contributed by atoms with Crippen molar-refractivity contribution in [3.8, 4) is 11.6 Å². The number of aromatic amines is 1. The van der Waals surface area contributed by atoms with E-state index in [9.17, 15) is 9.59 Å². The Kier molecular flexibility index (Phi) is 6.25. The Balaban J connectivity index is 1.19. The lowest BCUT2D eigenvalue weighted by atomic mass is 9.63. The molecule has 2 aliphatic rings. The van der Waals surface area contributed by atoms with Crippen LogP contribution in [-0.4, -0.2) is 57.3 Å². The number of rotatable bonds is 8. The van der Waals surface area contributed by atoms with Gasteiger partial charge in [0.15, 0.2) is 5.65 Å². The van der Waals surface area contributed by atoms with Crippen molar-refractivity contribution in [3.63, 3.8) is 0 Å². The number of aromatic nitrogens is 3. The van der Waals surface area contributed by atoms with Gasteiger partial charge in [0, 0.05) is 49.7 Å². The molecule has 0 atom stereocenters. The first-order valence-corrected chi connectivity index (χ1v) is 12.0. The second-order valence-electron chi connectivity index (χ2n) is 9.78. The average molecular weight is 475 g/mol. The molecule has 3 aromatic rings. The van der Waals surface area contributed by atoms with Gasteiger partial charge < -0.3 is 20.4 Å². The maximum atomic E-state index is 12.4. The van der Waals surface area contributed by atoms with Crippen molar-refractivity contribution in [1.82, 2.24) is 25.2 Å². The van der Waals surface area contributed by atoms with Crippen LogP contribution in [0.4, 0.5) is 5.69 Å². The summed E-state index contributed by atoms with van der Waals surface area (Å²) in [5.41, 5.74) is 2.54. The van der Waals surface area contributed by atoms with Gasteiger partial charge in [0.25, 0.3) is 5.91 Å². The number of benzene rings is 1. The standard InChI is InChI=1S/C26H30N6O3/c1-17(2)29-25(34)20-13-27-24-23(20)31-22(14-28-24)35-19-7-3-6-18(12-19)30-21(33)8-4-11-32-15-26(16-32)9-5-10-26/h3-4,6-8,12-14,17H,5,9-11,15-16H2,1-2H3,(H,27,28)(H,29,34)(H,30,33)/b8-4+. The first-order chi connectivity index (χ1) is 16.9. The predicted octanol–water partition coefficient (Wildman–Crippen LogP) is 3.87. The first-order valence-electron chi connectivity index (χ1n) is 12.0. The van der Waals surface area contributed by atoms with Crippen molar-refractivity contribution >= 4 is 28.7 Å². The van der Waals surface area contributed by atoms with Crippen LogP contribution < -0.4 is 15.4 Å². The van der Waals surface area contributed by atoms with Crippen LogP contribution in [0.25, 0.3) is 11.2 Å². The van der Waals surface area contributed by atoms with Gasteiger partial charge in [-0.15, -0.1) is 0 Å². The van der Waals surface area contributed by atoms with Crippen LogP contribution in [0.2, 0.25) is 0 Å². The Morgan fingerprint density at radius 1 is 1.29 bits per heavy atom. The number of nitrogens with one attached hydrogen (secondary N) is 3. The number of nitrogens with zero attached hydrogens (tertiary/aromatic N) is 3. The molecule has 1 saturated carbocycles. The normalized spacial score (nSPS) is 16.9. The third-order valence-electron chi connectivity index (χ3n) is 6.51. The maximum Gasteiger partial charge on any atom is 0.255 e. The van der Waals surface area contributed by atoms with Gasteiger partial charge in [-0.1, -0.05) is 18.6 Å². The summed E-state index contributed by atoms with van der Waals surface area (Å²) in [6.45, 7) is 6.89. The molecule has 1 saturated heterocycles. The van der Waals surface area contributed by atoms with Gasteiger partial charge in [0.1, 0.15) is 11.3 Å². The molecule has 3 N–H and O–H groups in total. The smallest absolute Gasteiger partial charge is 0.255 e. The number of fused-ring (bicyclic) bond motifs is 1. The summed E-state index contributed by atoms with van der Waals surface area (Å²) in [6.07, 6.45) is 10.6. The summed E-state index contributed by atoms with van der Waals surface area (Å²) in [5.74, 6) is 0.330. The SMILES string of the molecule is CC(C)NC(=O)c1c[nH]c2ncc(Oc3cccc(NC(=O)/C=C/CN4CC5(CCC5)C4)c3)nc12. The summed E-state index contributed by atoms with van der Waals surface area (Å²) in [7, 11) is 0. The second kappa shape index (κ2) is 9.50. The summed E-state index contributed by atoms with van der Waals surface area (Å²) in [4.78, 5) is 38.9. The molecule has 2 aromatic heterocycles. The lowest BCUT2D eigenvalue weighted by molar-refractivity contribution is -0.111. The molecule has 0 unspecified atom stereocenters. The van der Waals surface area contributed by atoms with Crippen LogP contribution in [0, 0.1) is 5.41 Å². The maximum absolute atomic E-state index is 12.4. The molecule has 0 bridgehead atoms. The van der Waals surface area contributed by atoms with Crippen LogP contribution in [0.1, 0.15) is 43.5 Å². The lowest BCUT2D eigenvalue weighted by Crippen LogP contribution is -2.59. The Morgan fingerprint density at radius 2 is 2.11 bits per heavy atom. The number of hydrogen-bond donors (Lipinski definition) is 3. The topological polar surface area (TPSA) is 112 Å². The fraction of sp³-hybridized carbons (Fsp3) is 0.385. The van der Waals surface area contributed by atoms with Gasteiger partial charge >= 0.3 is 0 Å². The number of anilines is 1. The molecule has 0 radical (unpaired) electrons. The second-order valence-corrected chi connectivity index (χ2v) is 9.78. The van der Waals surface area contributed by atoms with E-state index in [1.54, 1.807) is 36.5 Å². The van der Waals surface area contributed by atoms with Crippen LogP contribution in [0.5, 0.6) is 11.6 Å². The van der Waals surface area contributed by atoms with E-state index in [1.807, 2.05) is 19.9 Å². The average Bonchev–Trinajstić information content (AvgIpc) is 3.17. The molecule has 1 aliphatic heterocycles. The Labute approximate surface area is 204 Å². The zero-order valence-corrected chi connectivity index (χ0v) is 20.0. The first kappa shape index (κ1) is 23.0. The number of hydrogen-bond acceptors (Lipinski definition) is 6. The fourth-order valence-electron chi connectivity index (χ4n) is 4.71. The van der Waals surface area contributed by atoms with E-state index >= 15 is 0 Å². The molecule has 9 heteroatoms. The molecule has 1 spiro atoms. The number of amides is 2. The van der Waals surface area contributed by atoms with Gasteiger partial charge in [-0.05, 0) is 44.2 Å². The zero-order chi connectivity index (χ0) is 24.4. The molecular weight excluding hydrogens is 444 g/mol. The van der Waals surface area contributed by atoms with E-state index in [1.165, 1.54) is 25.5 Å². The highest BCUT2D eigenvalue weighted by atomic mass is 16.5. The molecule has 35 heavy (non-hydrogen) atoms. The number of carbonyl (C=O) groups is 2. The largest absolute Gasteiger partial charge is 0.437 e. The summed E-state index contributed by atoms with van der Waals surface area (Å²) < 4.78 is 5.87. The van der Waals surface area contributed by atoms with Crippen molar-refractivity contribution in [1.29, 1.82) is 0 Å². The van der Waals surface area contributed by atoms with Crippen molar-refractivity contribution in [3.05, 3.63) is 54.4 Å².